The van der Waals surface area contributed by atoms with E-state index in [4.69, 9.17) is 11.5 Å². The third-order valence-corrected chi connectivity index (χ3v) is 1.10. The van der Waals surface area contributed by atoms with Crippen molar-refractivity contribution in [3.05, 3.63) is 0 Å². The van der Waals surface area contributed by atoms with Gasteiger partial charge in [-0.2, -0.15) is 0 Å². The van der Waals surface area contributed by atoms with E-state index < -0.39 is 5.79 Å². The minimum atomic E-state index is -0.807. The quantitative estimate of drug-likeness (QED) is 0.312. The highest BCUT2D eigenvalue weighted by molar-refractivity contribution is 4.80. The molecule has 1 aliphatic rings. The summed E-state index contributed by atoms with van der Waals surface area (Å²) < 4.78 is 0. The SMILES string of the molecule is NC1(N)CNCC[N]1. The Labute approximate surface area is 48.6 Å². The van der Waals surface area contributed by atoms with Crippen molar-refractivity contribution in [1.29, 1.82) is 0 Å². The van der Waals surface area contributed by atoms with Crippen LogP contribution < -0.4 is 22.1 Å². The molecule has 4 nitrogen and oxygen atoms in total. The molecule has 4 heteroatoms. The van der Waals surface area contributed by atoms with Gasteiger partial charge < -0.3 is 5.32 Å². The van der Waals surface area contributed by atoms with Crippen LogP contribution in [0, 0.1) is 0 Å². The smallest absolute Gasteiger partial charge is 0.146 e. The van der Waals surface area contributed by atoms with Crippen molar-refractivity contribution in [2.75, 3.05) is 19.6 Å². The predicted octanol–water partition coefficient (Wildman–Crippen LogP) is -2.23. The van der Waals surface area contributed by atoms with E-state index in [1.54, 1.807) is 0 Å². The van der Waals surface area contributed by atoms with Crippen molar-refractivity contribution in [1.82, 2.24) is 10.6 Å². The zero-order valence-electron chi connectivity index (χ0n) is 4.72. The van der Waals surface area contributed by atoms with Crippen molar-refractivity contribution in [3.63, 3.8) is 0 Å². The van der Waals surface area contributed by atoms with Gasteiger partial charge in [0, 0.05) is 19.6 Å². The van der Waals surface area contributed by atoms with Crippen molar-refractivity contribution >= 4 is 0 Å². The summed E-state index contributed by atoms with van der Waals surface area (Å²) in [6.45, 7) is 2.22. The molecular weight excluding hydrogens is 104 g/mol. The molecule has 0 bridgehead atoms. The van der Waals surface area contributed by atoms with Crippen LogP contribution in [0.2, 0.25) is 0 Å². The van der Waals surface area contributed by atoms with Gasteiger partial charge in [-0.25, -0.2) is 5.32 Å². The standard InChI is InChI=1S/C4H11N4/c5-4(6)3-7-1-2-8-4/h7H,1-3,5-6H2. The summed E-state index contributed by atoms with van der Waals surface area (Å²) in [6.07, 6.45) is 0. The van der Waals surface area contributed by atoms with Crippen molar-refractivity contribution < 1.29 is 0 Å². The van der Waals surface area contributed by atoms with Crippen LogP contribution in [-0.4, -0.2) is 25.4 Å². The van der Waals surface area contributed by atoms with Gasteiger partial charge in [0.1, 0.15) is 5.79 Å². The first-order valence-corrected chi connectivity index (χ1v) is 2.68. The van der Waals surface area contributed by atoms with Crippen LogP contribution in [0.3, 0.4) is 0 Å². The van der Waals surface area contributed by atoms with Crippen LogP contribution in [0.25, 0.3) is 0 Å². The Hall–Kier alpha value is -0.160. The average molecular weight is 115 g/mol. The molecule has 5 N–H and O–H groups in total. The Morgan fingerprint density at radius 3 is 2.50 bits per heavy atom. The van der Waals surface area contributed by atoms with Gasteiger partial charge in [0.05, 0.1) is 0 Å². The molecule has 1 aliphatic heterocycles. The number of hydrogen-bond donors (Lipinski definition) is 3. The van der Waals surface area contributed by atoms with Gasteiger partial charge in [0.2, 0.25) is 0 Å². The van der Waals surface area contributed by atoms with Gasteiger partial charge in [0.25, 0.3) is 0 Å². The van der Waals surface area contributed by atoms with E-state index >= 15 is 0 Å². The van der Waals surface area contributed by atoms with Gasteiger partial charge in [-0.05, 0) is 0 Å². The first kappa shape index (κ1) is 5.97. The molecule has 1 radical (unpaired) electrons. The monoisotopic (exact) mass is 115 g/mol. The minimum absolute atomic E-state index is 0.590. The van der Waals surface area contributed by atoms with Crippen molar-refractivity contribution in [2.24, 2.45) is 11.5 Å². The summed E-state index contributed by atoms with van der Waals surface area (Å²) in [5.41, 5.74) is 10.9. The Kier molecular flexibility index (Phi) is 1.48. The van der Waals surface area contributed by atoms with Crippen molar-refractivity contribution in [2.45, 2.75) is 5.79 Å². The second kappa shape index (κ2) is 1.99. The van der Waals surface area contributed by atoms with E-state index in [-0.39, 0.29) is 0 Å². The van der Waals surface area contributed by atoms with E-state index in [9.17, 15) is 0 Å². The molecule has 0 unspecified atom stereocenters. The number of nitrogens with two attached hydrogens (primary N) is 2. The predicted molar refractivity (Wildman–Crippen MR) is 31.0 cm³/mol. The van der Waals surface area contributed by atoms with Crippen LogP contribution in [0.4, 0.5) is 0 Å². The first-order valence-electron chi connectivity index (χ1n) is 2.68. The molecule has 0 aliphatic carbocycles. The molecular formula is C4H11N4. The van der Waals surface area contributed by atoms with Crippen LogP contribution in [0.1, 0.15) is 0 Å². The minimum Gasteiger partial charge on any atom is -0.311 e. The zero-order valence-corrected chi connectivity index (χ0v) is 4.72. The van der Waals surface area contributed by atoms with Gasteiger partial charge in [-0.3, -0.25) is 11.5 Å². The third-order valence-electron chi connectivity index (χ3n) is 1.10. The second-order valence-electron chi connectivity index (χ2n) is 2.05. The molecule has 0 aromatic heterocycles. The summed E-state index contributed by atoms with van der Waals surface area (Å²) in [5.74, 6) is -0.807. The largest absolute Gasteiger partial charge is 0.311 e. The number of hydrogen-bond acceptors (Lipinski definition) is 3. The van der Waals surface area contributed by atoms with Crippen LogP contribution >= 0.6 is 0 Å². The summed E-state index contributed by atoms with van der Waals surface area (Å²) >= 11 is 0. The maximum Gasteiger partial charge on any atom is 0.146 e. The van der Waals surface area contributed by atoms with Gasteiger partial charge in [-0.1, -0.05) is 0 Å². The molecule has 1 heterocycles. The third kappa shape index (κ3) is 1.41. The molecule has 0 aromatic carbocycles. The average Bonchev–Trinajstić information content (AvgIpc) is 1.65. The van der Waals surface area contributed by atoms with Gasteiger partial charge in [0.15, 0.2) is 0 Å². The van der Waals surface area contributed by atoms with Crippen molar-refractivity contribution in [3.8, 4) is 0 Å². The molecule has 0 saturated carbocycles. The Morgan fingerprint density at radius 2 is 2.25 bits per heavy atom. The lowest BCUT2D eigenvalue weighted by molar-refractivity contribution is 0.282. The van der Waals surface area contributed by atoms with E-state index in [0.29, 0.717) is 6.54 Å². The van der Waals surface area contributed by atoms with E-state index in [2.05, 4.69) is 10.6 Å². The molecule has 1 fully saturated rings. The molecule has 1 rings (SSSR count). The fourth-order valence-electron chi connectivity index (χ4n) is 0.688. The Balaban J connectivity index is 2.33. The maximum absolute atomic E-state index is 5.43. The lowest BCUT2D eigenvalue weighted by atomic mass is 10.3. The molecule has 47 valence electrons. The Bertz CT molecular complexity index is 72.1. The number of rotatable bonds is 0. The molecule has 0 amide bonds. The topological polar surface area (TPSA) is 78.2 Å². The fourth-order valence-corrected chi connectivity index (χ4v) is 0.688. The summed E-state index contributed by atoms with van der Waals surface area (Å²) in [6, 6.07) is 0. The fraction of sp³-hybridized carbons (Fsp3) is 1.00. The zero-order chi connectivity index (χ0) is 6.04. The summed E-state index contributed by atoms with van der Waals surface area (Å²) in [7, 11) is 0. The number of piperazine rings is 1. The van der Waals surface area contributed by atoms with E-state index in [1.165, 1.54) is 0 Å². The normalized spacial score (nSPS) is 27.8. The van der Waals surface area contributed by atoms with Gasteiger partial charge >= 0.3 is 0 Å². The molecule has 0 aromatic rings. The highest BCUT2D eigenvalue weighted by Gasteiger charge is 2.21. The van der Waals surface area contributed by atoms with Crippen LogP contribution in [0.15, 0.2) is 0 Å². The molecule has 1 saturated heterocycles. The number of nitrogens with zero attached hydrogens (tertiary/aromatic N) is 1. The Morgan fingerprint density at radius 1 is 1.50 bits per heavy atom. The number of nitrogens with one attached hydrogen (secondary N) is 1. The molecule has 0 atom stereocenters. The lowest BCUT2D eigenvalue weighted by Gasteiger charge is -2.28. The highest BCUT2D eigenvalue weighted by Crippen LogP contribution is 1.87. The maximum atomic E-state index is 5.43. The van der Waals surface area contributed by atoms with Crippen LogP contribution in [-0.2, 0) is 0 Å². The first-order chi connectivity index (χ1) is 3.71. The van der Waals surface area contributed by atoms with Crippen LogP contribution in [0.5, 0.6) is 0 Å². The van der Waals surface area contributed by atoms with Gasteiger partial charge in [-0.15, -0.1) is 0 Å². The lowest BCUT2D eigenvalue weighted by Crippen LogP contribution is -2.67. The van der Waals surface area contributed by atoms with E-state index in [1.807, 2.05) is 0 Å². The van der Waals surface area contributed by atoms with E-state index in [0.717, 1.165) is 13.1 Å². The molecule has 8 heavy (non-hydrogen) atoms. The molecule has 0 spiro atoms. The summed E-state index contributed by atoms with van der Waals surface area (Å²) in [5, 5.41) is 6.99. The second-order valence-corrected chi connectivity index (χ2v) is 2.05. The summed E-state index contributed by atoms with van der Waals surface area (Å²) in [4.78, 5) is 0. The highest BCUT2D eigenvalue weighted by atomic mass is 15.3.